The Labute approximate surface area is 105 Å². The van der Waals surface area contributed by atoms with E-state index < -0.39 is 45.7 Å². The van der Waals surface area contributed by atoms with Gasteiger partial charge in [0.2, 0.25) is 0 Å². The lowest BCUT2D eigenvalue weighted by Crippen LogP contribution is -2.33. The minimum absolute atomic E-state index is 2.34. The Kier molecular flexibility index (Phi) is 6.78. The average Bonchev–Trinajstić information content (AvgIpc) is 2.34. The zero-order chi connectivity index (χ0) is 16.2. The Morgan fingerprint density at radius 2 is 1.15 bits per heavy atom. The normalized spacial score (nSPS) is 14.3. The molecule has 0 aromatic rings. The van der Waals surface area contributed by atoms with E-state index in [2.05, 4.69) is 13.8 Å². The lowest BCUT2D eigenvalue weighted by molar-refractivity contribution is -0.171. The zero-order valence-electron chi connectivity index (χ0n) is 9.05. The lowest BCUT2D eigenvalue weighted by Gasteiger charge is -2.20. The Morgan fingerprint density at radius 3 is 1.35 bits per heavy atom. The highest BCUT2D eigenvalue weighted by Crippen LogP contribution is 2.52. The summed E-state index contributed by atoms with van der Waals surface area (Å²) in [7, 11) is -5.77. The van der Waals surface area contributed by atoms with E-state index in [1.165, 1.54) is 0 Å². The number of hydrogen-bond acceptors (Lipinski definition) is 4. The van der Waals surface area contributed by atoms with Gasteiger partial charge in [0, 0.05) is 0 Å². The molecule has 0 rings (SSSR count). The van der Waals surface area contributed by atoms with Gasteiger partial charge in [-0.3, -0.25) is 9.05 Å². The van der Waals surface area contributed by atoms with Gasteiger partial charge in [-0.1, -0.05) is 4.73 Å². The predicted molar refractivity (Wildman–Crippen MR) is 43.6 cm³/mol. The van der Waals surface area contributed by atoms with Gasteiger partial charge in [0.05, 0.1) is 0 Å². The van der Waals surface area contributed by atoms with E-state index >= 15 is 0 Å². The fourth-order valence-electron chi connectivity index (χ4n) is 0.533. The highest BCUT2D eigenvalue weighted by molar-refractivity contribution is 7.48. The predicted octanol–water partition coefficient (Wildman–Crippen LogP) is 3.83. The van der Waals surface area contributed by atoms with Gasteiger partial charge >= 0.3 is 32.5 Å². The number of phosphoric ester groups is 1. The Hall–Kier alpha value is -0.520. The molecule has 122 valence electrons. The first-order chi connectivity index (χ1) is 8.86. The smallest absolute Gasteiger partial charge is 0.279 e. The van der Waals surface area contributed by atoms with Gasteiger partial charge in [-0.05, 0) is 4.53 Å². The summed E-state index contributed by atoms with van der Waals surface area (Å²) < 4.78 is 128. The van der Waals surface area contributed by atoms with Crippen LogP contribution in [0.2, 0.25) is 0 Å². The van der Waals surface area contributed by atoms with Crippen molar-refractivity contribution < 1.29 is 58.0 Å². The van der Waals surface area contributed by atoms with Crippen LogP contribution in [0.15, 0.2) is 0 Å². The summed E-state index contributed by atoms with van der Waals surface area (Å²) >= 11 is 0. The summed E-state index contributed by atoms with van der Waals surface area (Å²) in [4.78, 5) is 0. The molecule has 0 aliphatic carbocycles. The van der Waals surface area contributed by atoms with E-state index in [9.17, 15) is 44.2 Å². The SMILES string of the molecule is O=P(OF)(OCC(F)(F)C(F)F)OCC(F)(F)C(F)F. The fourth-order valence-corrected chi connectivity index (χ4v) is 1.35. The number of alkyl halides is 8. The van der Waals surface area contributed by atoms with Gasteiger partial charge < -0.3 is 0 Å². The fraction of sp³-hybridized carbons (Fsp3) is 1.00. The van der Waals surface area contributed by atoms with Crippen molar-refractivity contribution in [3.63, 3.8) is 0 Å². The second kappa shape index (κ2) is 6.96. The van der Waals surface area contributed by atoms with E-state index in [0.29, 0.717) is 0 Å². The third-order valence-corrected chi connectivity index (χ3v) is 2.61. The highest BCUT2D eigenvalue weighted by Gasteiger charge is 2.47. The van der Waals surface area contributed by atoms with Crippen molar-refractivity contribution in [2.45, 2.75) is 24.7 Å². The average molecular weight is 344 g/mol. The molecule has 0 saturated carbocycles. The molecule has 0 spiro atoms. The molecular formula is C6H6F9O4P. The van der Waals surface area contributed by atoms with Gasteiger partial charge in [-0.2, -0.15) is 17.6 Å². The van der Waals surface area contributed by atoms with Crippen molar-refractivity contribution in [3.8, 4) is 0 Å². The van der Waals surface area contributed by atoms with E-state index in [1.54, 1.807) is 0 Å². The largest absolute Gasteiger partial charge is 0.506 e. The van der Waals surface area contributed by atoms with E-state index in [-0.39, 0.29) is 0 Å². The monoisotopic (exact) mass is 344 g/mol. The minimum atomic E-state index is -5.77. The molecule has 0 bridgehead atoms. The maximum atomic E-state index is 12.3. The van der Waals surface area contributed by atoms with Crippen LogP contribution in [0.25, 0.3) is 0 Å². The zero-order valence-corrected chi connectivity index (χ0v) is 9.95. The van der Waals surface area contributed by atoms with Crippen LogP contribution in [0.4, 0.5) is 39.6 Å². The molecule has 0 radical (unpaired) electrons. The Bertz CT molecular complexity index is 321. The second-order valence-corrected chi connectivity index (χ2v) is 4.74. The van der Waals surface area contributed by atoms with Crippen LogP contribution in [0.3, 0.4) is 0 Å². The van der Waals surface area contributed by atoms with Gasteiger partial charge in [-0.25, -0.2) is 22.1 Å². The molecule has 0 heterocycles. The molecule has 14 heteroatoms. The molecule has 4 nitrogen and oxygen atoms in total. The van der Waals surface area contributed by atoms with Gasteiger partial charge in [0.15, 0.2) is 0 Å². The molecule has 0 atom stereocenters. The molecule has 0 amide bonds. The third-order valence-electron chi connectivity index (χ3n) is 1.55. The quantitative estimate of drug-likeness (QED) is 0.471. The van der Waals surface area contributed by atoms with Crippen LogP contribution >= 0.6 is 7.82 Å². The first-order valence-corrected chi connectivity index (χ1v) is 5.84. The van der Waals surface area contributed by atoms with Crippen molar-refractivity contribution in [1.29, 1.82) is 0 Å². The summed E-state index contributed by atoms with van der Waals surface area (Å²) in [6.07, 6.45) is -8.61. The molecule has 0 saturated heterocycles. The molecule has 0 N–H and O–H groups in total. The number of hydrogen-bond donors (Lipinski definition) is 0. The molecule has 0 aromatic heterocycles. The second-order valence-electron chi connectivity index (χ2n) is 3.19. The van der Waals surface area contributed by atoms with E-state index in [0.717, 1.165) is 0 Å². The van der Waals surface area contributed by atoms with Crippen LogP contribution in [0, 0.1) is 0 Å². The van der Waals surface area contributed by atoms with Crippen molar-refractivity contribution in [1.82, 2.24) is 0 Å². The van der Waals surface area contributed by atoms with Gasteiger partial charge in [0.25, 0.3) is 0 Å². The summed E-state index contributed by atoms with van der Waals surface area (Å²) in [5.41, 5.74) is 0. The van der Waals surface area contributed by atoms with Crippen LogP contribution in [-0.2, 0) is 18.3 Å². The highest BCUT2D eigenvalue weighted by atomic mass is 31.2. The minimum Gasteiger partial charge on any atom is -0.279 e. The maximum absolute atomic E-state index is 12.3. The van der Waals surface area contributed by atoms with E-state index in [1.807, 2.05) is 0 Å². The summed E-state index contributed by atoms with van der Waals surface area (Å²) in [5, 5.41) is 0. The Balaban J connectivity index is 4.61. The van der Waals surface area contributed by atoms with Crippen LogP contribution < -0.4 is 0 Å². The standard InChI is InChI=1S/C6H6F9O4P/c7-3(8)5(11,12)1-17-20(16,19-15)18-2-6(13,14)4(9)10/h3-4H,1-2H2. The first-order valence-electron chi connectivity index (χ1n) is 4.38. The van der Waals surface area contributed by atoms with Crippen molar-refractivity contribution in [2.75, 3.05) is 13.2 Å². The molecule has 0 fully saturated rings. The topological polar surface area (TPSA) is 44.8 Å². The Morgan fingerprint density at radius 1 is 0.850 bits per heavy atom. The van der Waals surface area contributed by atoms with Gasteiger partial charge in [-0.15, -0.1) is 0 Å². The molecule has 20 heavy (non-hydrogen) atoms. The summed E-state index contributed by atoms with van der Waals surface area (Å²) in [6, 6.07) is 0. The molecule has 0 aliphatic rings. The number of rotatable bonds is 9. The van der Waals surface area contributed by atoms with E-state index in [4.69, 9.17) is 0 Å². The maximum Gasteiger partial charge on any atom is 0.506 e. The van der Waals surface area contributed by atoms with Crippen molar-refractivity contribution >= 4 is 7.82 Å². The number of halogens is 9. The summed E-state index contributed by atoms with van der Waals surface area (Å²) in [6.45, 7) is -4.82. The molecule has 0 aliphatic heterocycles. The third kappa shape index (κ3) is 5.85. The number of phosphoric acid groups is 1. The van der Waals surface area contributed by atoms with Crippen LogP contribution in [0.5, 0.6) is 0 Å². The van der Waals surface area contributed by atoms with Gasteiger partial charge in [0.1, 0.15) is 13.2 Å². The van der Waals surface area contributed by atoms with Crippen LogP contribution in [0.1, 0.15) is 0 Å². The van der Waals surface area contributed by atoms with Crippen molar-refractivity contribution in [3.05, 3.63) is 0 Å². The van der Waals surface area contributed by atoms with Crippen molar-refractivity contribution in [2.24, 2.45) is 0 Å². The molecular weight excluding hydrogens is 338 g/mol. The molecule has 0 unspecified atom stereocenters. The van der Waals surface area contributed by atoms with Crippen LogP contribution in [-0.4, -0.2) is 37.9 Å². The first kappa shape index (κ1) is 19.5. The summed E-state index contributed by atoms with van der Waals surface area (Å²) in [5.74, 6) is -9.83. The molecule has 0 aromatic carbocycles. The lowest BCUT2D eigenvalue weighted by atomic mass is 10.4.